The van der Waals surface area contributed by atoms with E-state index < -0.39 is 0 Å². The van der Waals surface area contributed by atoms with Crippen molar-refractivity contribution in [2.24, 2.45) is 0 Å². The first-order valence-electron chi connectivity index (χ1n) is 7.55. The Bertz CT molecular complexity index is 64.0. The lowest BCUT2D eigenvalue weighted by Crippen LogP contribution is -1.86. The molecule has 0 heterocycles. The summed E-state index contributed by atoms with van der Waals surface area (Å²) in [5.74, 6) is 0. The van der Waals surface area contributed by atoms with Crippen molar-refractivity contribution < 1.29 is 0 Å². The van der Waals surface area contributed by atoms with Crippen molar-refractivity contribution in [2.45, 2.75) is 89.9 Å². The summed E-state index contributed by atoms with van der Waals surface area (Å²) < 4.78 is 0. The van der Waals surface area contributed by atoms with Crippen molar-refractivity contribution in [3.8, 4) is 0 Å². The fourth-order valence-corrected chi connectivity index (χ4v) is 2.45. The first-order chi connectivity index (χ1) is 8.00. The minimum atomic E-state index is 1.19. The predicted octanol–water partition coefficient (Wildman–Crippen LogP) is 5.75. The number of rotatable bonds is 0. The average Bonchev–Trinajstić information content (AvgIpc) is 2.29. The Kier molecular flexibility index (Phi) is 10.1. The standard InChI is InChI=1S/C16H29/c1-2-4-6-8-10-12-14-16-15-13-11-9-7-5-3-1/h1H,2,4-16H2. The topological polar surface area (TPSA) is 0 Å². The largest absolute Gasteiger partial charge is 0.0533 e. The molecule has 1 saturated carbocycles. The SMILES string of the molecule is [C]1[CH]CCCCCCCCCCCCCC1. The van der Waals surface area contributed by atoms with Gasteiger partial charge in [0.1, 0.15) is 0 Å². The normalized spacial score (nSPS) is 24.0. The molecule has 0 bridgehead atoms. The van der Waals surface area contributed by atoms with E-state index in [2.05, 4.69) is 12.8 Å². The maximum atomic E-state index is 3.44. The van der Waals surface area contributed by atoms with Gasteiger partial charge in [0, 0.05) is 0 Å². The highest BCUT2D eigenvalue weighted by molar-refractivity contribution is 4.82. The van der Waals surface area contributed by atoms with Crippen molar-refractivity contribution in [3.05, 3.63) is 12.8 Å². The summed E-state index contributed by atoms with van der Waals surface area (Å²) in [6.45, 7) is 0. The first-order valence-corrected chi connectivity index (χ1v) is 7.55. The Morgan fingerprint density at radius 3 is 1.50 bits per heavy atom. The summed E-state index contributed by atoms with van der Waals surface area (Å²) in [5, 5.41) is 0. The van der Waals surface area contributed by atoms with Crippen LogP contribution >= 0.6 is 0 Å². The van der Waals surface area contributed by atoms with Crippen molar-refractivity contribution >= 4 is 0 Å². The first kappa shape index (κ1) is 14.1. The van der Waals surface area contributed by atoms with E-state index in [1.807, 2.05) is 0 Å². The number of hydrogen-bond donors (Lipinski definition) is 0. The molecular formula is C16H29. The summed E-state index contributed by atoms with van der Waals surface area (Å²) in [5.41, 5.74) is 0. The second-order valence-corrected chi connectivity index (χ2v) is 5.19. The Hall–Kier alpha value is 0. The van der Waals surface area contributed by atoms with Crippen LogP contribution in [0.25, 0.3) is 0 Å². The average molecular weight is 221 g/mol. The summed E-state index contributed by atoms with van der Waals surface area (Å²) in [6, 6.07) is 0. The van der Waals surface area contributed by atoms with Gasteiger partial charge in [-0.2, -0.15) is 0 Å². The van der Waals surface area contributed by atoms with Gasteiger partial charge in [-0.25, -0.2) is 0 Å². The third-order valence-electron chi connectivity index (χ3n) is 3.56. The van der Waals surface area contributed by atoms with Gasteiger partial charge in [-0.1, -0.05) is 77.0 Å². The molecule has 0 aromatic heterocycles. The van der Waals surface area contributed by atoms with Gasteiger partial charge in [0.15, 0.2) is 0 Å². The molecule has 0 aliphatic heterocycles. The molecule has 0 saturated heterocycles. The highest BCUT2D eigenvalue weighted by Gasteiger charge is 1.96. The van der Waals surface area contributed by atoms with E-state index in [0.29, 0.717) is 0 Å². The molecule has 0 N–H and O–H groups in total. The monoisotopic (exact) mass is 221 g/mol. The molecule has 0 heteroatoms. The van der Waals surface area contributed by atoms with Crippen LogP contribution in [0.1, 0.15) is 89.9 Å². The molecule has 0 spiro atoms. The van der Waals surface area contributed by atoms with Crippen LogP contribution in [-0.4, -0.2) is 0 Å². The Labute approximate surface area is 103 Å². The van der Waals surface area contributed by atoms with E-state index in [0.717, 1.165) is 0 Å². The summed E-state index contributed by atoms with van der Waals surface area (Å²) in [4.78, 5) is 0. The predicted molar refractivity (Wildman–Crippen MR) is 72.2 cm³/mol. The fraction of sp³-hybridized carbons (Fsp3) is 0.875. The van der Waals surface area contributed by atoms with Crippen LogP contribution < -0.4 is 0 Å². The molecule has 1 fully saturated rings. The van der Waals surface area contributed by atoms with E-state index in [1.165, 1.54) is 89.9 Å². The lowest BCUT2D eigenvalue weighted by Gasteiger charge is -2.05. The lowest BCUT2D eigenvalue weighted by molar-refractivity contribution is 0.535. The van der Waals surface area contributed by atoms with Gasteiger partial charge in [0.25, 0.3) is 0 Å². The highest BCUT2D eigenvalue weighted by atomic mass is 14.0. The fourth-order valence-electron chi connectivity index (χ4n) is 2.45. The zero-order valence-corrected chi connectivity index (χ0v) is 11.0. The van der Waals surface area contributed by atoms with Gasteiger partial charge in [0.2, 0.25) is 0 Å². The molecule has 93 valence electrons. The summed E-state index contributed by atoms with van der Waals surface area (Å²) in [6.07, 6.45) is 25.5. The quantitative estimate of drug-likeness (QED) is 0.489. The van der Waals surface area contributed by atoms with Crippen LogP contribution in [0.3, 0.4) is 0 Å². The molecule has 0 aromatic carbocycles. The Morgan fingerprint density at radius 2 is 0.938 bits per heavy atom. The van der Waals surface area contributed by atoms with Gasteiger partial charge in [-0.05, 0) is 25.7 Å². The second kappa shape index (κ2) is 11.5. The molecule has 0 amide bonds. The van der Waals surface area contributed by atoms with Crippen LogP contribution in [0.2, 0.25) is 0 Å². The molecule has 0 unspecified atom stereocenters. The van der Waals surface area contributed by atoms with E-state index in [1.54, 1.807) is 0 Å². The Morgan fingerprint density at radius 1 is 0.500 bits per heavy atom. The van der Waals surface area contributed by atoms with E-state index in [-0.39, 0.29) is 0 Å². The van der Waals surface area contributed by atoms with Gasteiger partial charge >= 0.3 is 0 Å². The van der Waals surface area contributed by atoms with Crippen LogP contribution in [0, 0.1) is 12.8 Å². The van der Waals surface area contributed by atoms with Crippen molar-refractivity contribution in [1.29, 1.82) is 0 Å². The molecule has 0 atom stereocenters. The van der Waals surface area contributed by atoms with Gasteiger partial charge < -0.3 is 0 Å². The minimum absolute atomic E-state index is 1.19. The molecule has 0 aromatic rings. The van der Waals surface area contributed by atoms with Crippen LogP contribution in [0.5, 0.6) is 0 Å². The van der Waals surface area contributed by atoms with E-state index in [9.17, 15) is 0 Å². The lowest BCUT2D eigenvalue weighted by atomic mass is 10.0. The van der Waals surface area contributed by atoms with Crippen molar-refractivity contribution in [2.75, 3.05) is 0 Å². The third-order valence-corrected chi connectivity index (χ3v) is 3.56. The summed E-state index contributed by atoms with van der Waals surface area (Å²) >= 11 is 0. The molecule has 0 nitrogen and oxygen atoms in total. The molecule has 1 rings (SSSR count). The van der Waals surface area contributed by atoms with E-state index in [4.69, 9.17) is 0 Å². The molecule has 3 radical (unpaired) electrons. The second-order valence-electron chi connectivity index (χ2n) is 5.19. The minimum Gasteiger partial charge on any atom is -0.0533 e. The zero-order valence-electron chi connectivity index (χ0n) is 11.0. The zero-order chi connectivity index (χ0) is 11.3. The Balaban J connectivity index is 2.00. The van der Waals surface area contributed by atoms with Gasteiger partial charge in [-0.3, -0.25) is 0 Å². The molecule has 16 heavy (non-hydrogen) atoms. The maximum absolute atomic E-state index is 3.44. The van der Waals surface area contributed by atoms with Crippen LogP contribution in [0.4, 0.5) is 0 Å². The molecule has 1 aliphatic rings. The van der Waals surface area contributed by atoms with Crippen molar-refractivity contribution in [1.82, 2.24) is 0 Å². The third kappa shape index (κ3) is 9.24. The highest BCUT2D eigenvalue weighted by Crippen LogP contribution is 2.15. The summed E-state index contributed by atoms with van der Waals surface area (Å²) in [7, 11) is 0. The molecular weight excluding hydrogens is 192 g/mol. The van der Waals surface area contributed by atoms with Gasteiger partial charge in [0.05, 0.1) is 0 Å². The van der Waals surface area contributed by atoms with Crippen molar-refractivity contribution in [3.63, 3.8) is 0 Å². The van der Waals surface area contributed by atoms with Crippen LogP contribution in [-0.2, 0) is 0 Å². The van der Waals surface area contributed by atoms with Gasteiger partial charge in [-0.15, -0.1) is 0 Å². The van der Waals surface area contributed by atoms with Crippen LogP contribution in [0.15, 0.2) is 0 Å². The molecule has 1 aliphatic carbocycles. The maximum Gasteiger partial charge on any atom is -0.0137 e. The van der Waals surface area contributed by atoms with E-state index >= 15 is 0 Å². The smallest absolute Gasteiger partial charge is 0.0137 e. The number of hydrogen-bond acceptors (Lipinski definition) is 0.